The van der Waals surface area contributed by atoms with Crippen molar-refractivity contribution in [3.05, 3.63) is 46.0 Å². The van der Waals surface area contributed by atoms with Crippen LogP contribution in [-0.2, 0) is 4.74 Å². The van der Waals surface area contributed by atoms with E-state index >= 15 is 0 Å². The van der Waals surface area contributed by atoms with Crippen LogP contribution in [-0.4, -0.2) is 24.3 Å². The van der Waals surface area contributed by atoms with Crippen molar-refractivity contribution in [2.75, 3.05) is 7.11 Å². The van der Waals surface area contributed by atoms with E-state index in [2.05, 4.69) is 15.3 Å². The standard InChI is InChI=1S/C11H11N3O4/c1-18-11(15)13-12-8-4-6-9-5-2-3-7-10(9)14(16)17/h2-8H,1H3,(H,13,15). The summed E-state index contributed by atoms with van der Waals surface area (Å²) in [6, 6.07) is 6.29. The van der Waals surface area contributed by atoms with E-state index in [-0.39, 0.29) is 5.69 Å². The molecule has 0 bridgehead atoms. The van der Waals surface area contributed by atoms with Crippen molar-refractivity contribution in [2.45, 2.75) is 0 Å². The second kappa shape index (κ2) is 6.79. The molecule has 0 aliphatic rings. The molecule has 18 heavy (non-hydrogen) atoms. The zero-order chi connectivity index (χ0) is 13.4. The number of carbonyl (C=O) groups excluding carboxylic acids is 1. The Morgan fingerprint density at radius 1 is 1.50 bits per heavy atom. The van der Waals surface area contributed by atoms with Crippen LogP contribution in [0.2, 0.25) is 0 Å². The summed E-state index contributed by atoms with van der Waals surface area (Å²) < 4.78 is 4.29. The highest BCUT2D eigenvalue weighted by Crippen LogP contribution is 2.18. The zero-order valence-electron chi connectivity index (χ0n) is 9.57. The molecule has 94 valence electrons. The van der Waals surface area contributed by atoms with Crippen LogP contribution in [0.15, 0.2) is 35.4 Å². The lowest BCUT2D eigenvalue weighted by molar-refractivity contribution is -0.385. The van der Waals surface area contributed by atoms with Crippen molar-refractivity contribution >= 4 is 24.1 Å². The van der Waals surface area contributed by atoms with Crippen LogP contribution < -0.4 is 5.43 Å². The molecule has 0 aliphatic heterocycles. The maximum Gasteiger partial charge on any atom is 0.427 e. The molecule has 1 rings (SSSR count). The first-order chi connectivity index (χ1) is 8.65. The smallest absolute Gasteiger partial charge is 0.427 e. The van der Waals surface area contributed by atoms with E-state index in [1.54, 1.807) is 18.2 Å². The molecular weight excluding hydrogens is 238 g/mol. The van der Waals surface area contributed by atoms with Gasteiger partial charge in [-0.05, 0) is 18.2 Å². The minimum Gasteiger partial charge on any atom is -0.452 e. The number of nitro groups is 1. The molecule has 0 radical (unpaired) electrons. The van der Waals surface area contributed by atoms with E-state index in [0.717, 1.165) is 0 Å². The summed E-state index contributed by atoms with van der Waals surface area (Å²) in [5.74, 6) is 0. The molecule has 1 amide bonds. The molecule has 0 saturated carbocycles. The molecule has 0 heterocycles. The fourth-order valence-electron chi connectivity index (χ4n) is 1.12. The molecule has 0 unspecified atom stereocenters. The summed E-state index contributed by atoms with van der Waals surface area (Å²) in [5, 5.41) is 14.2. The van der Waals surface area contributed by atoms with Gasteiger partial charge in [-0.3, -0.25) is 10.1 Å². The quantitative estimate of drug-likeness (QED) is 0.501. The lowest BCUT2D eigenvalue weighted by atomic mass is 10.2. The Morgan fingerprint density at radius 2 is 2.22 bits per heavy atom. The number of benzene rings is 1. The summed E-state index contributed by atoms with van der Waals surface area (Å²) in [6.45, 7) is 0. The average Bonchev–Trinajstić information content (AvgIpc) is 2.38. The number of carbonyl (C=O) groups is 1. The van der Waals surface area contributed by atoms with Crippen molar-refractivity contribution in [1.29, 1.82) is 0 Å². The maximum absolute atomic E-state index is 10.7. The second-order valence-electron chi connectivity index (χ2n) is 3.06. The Morgan fingerprint density at radius 3 is 2.89 bits per heavy atom. The van der Waals surface area contributed by atoms with E-state index in [0.29, 0.717) is 5.56 Å². The number of hydrazone groups is 1. The van der Waals surface area contributed by atoms with Crippen molar-refractivity contribution in [3.8, 4) is 0 Å². The van der Waals surface area contributed by atoms with E-state index < -0.39 is 11.0 Å². The highest BCUT2D eigenvalue weighted by molar-refractivity contribution is 5.80. The molecule has 1 aromatic carbocycles. The summed E-state index contributed by atoms with van der Waals surface area (Å²) in [4.78, 5) is 20.9. The maximum atomic E-state index is 10.7. The van der Waals surface area contributed by atoms with Gasteiger partial charge in [0.1, 0.15) is 0 Å². The fraction of sp³-hybridized carbons (Fsp3) is 0.0909. The third-order valence-corrected chi connectivity index (χ3v) is 1.91. The number of amides is 1. The van der Waals surface area contributed by atoms with Gasteiger partial charge in [-0.2, -0.15) is 5.10 Å². The third-order valence-electron chi connectivity index (χ3n) is 1.91. The number of hydrogen-bond acceptors (Lipinski definition) is 5. The Hall–Kier alpha value is -2.70. The molecule has 7 nitrogen and oxygen atoms in total. The van der Waals surface area contributed by atoms with Gasteiger partial charge in [0.05, 0.1) is 17.6 Å². The van der Waals surface area contributed by atoms with Gasteiger partial charge in [-0.25, -0.2) is 10.2 Å². The number of para-hydroxylation sites is 1. The molecule has 7 heteroatoms. The number of allylic oxidation sites excluding steroid dienone is 1. The molecule has 0 aliphatic carbocycles. The van der Waals surface area contributed by atoms with Crippen LogP contribution in [0, 0.1) is 10.1 Å². The van der Waals surface area contributed by atoms with Gasteiger partial charge >= 0.3 is 6.09 Å². The van der Waals surface area contributed by atoms with Gasteiger partial charge in [0, 0.05) is 12.3 Å². The molecule has 0 spiro atoms. The molecule has 0 atom stereocenters. The van der Waals surface area contributed by atoms with Crippen LogP contribution >= 0.6 is 0 Å². The predicted octanol–water partition coefficient (Wildman–Crippen LogP) is 1.95. The van der Waals surface area contributed by atoms with E-state index in [4.69, 9.17) is 0 Å². The Bertz CT molecular complexity index is 497. The molecule has 0 saturated heterocycles. The molecule has 1 aromatic rings. The van der Waals surface area contributed by atoms with Crippen molar-refractivity contribution < 1.29 is 14.5 Å². The molecule has 0 aromatic heterocycles. The largest absolute Gasteiger partial charge is 0.452 e. The number of nitrogens with one attached hydrogen (secondary N) is 1. The van der Waals surface area contributed by atoms with Crippen LogP contribution in [0.25, 0.3) is 6.08 Å². The number of nitrogens with zero attached hydrogens (tertiary/aromatic N) is 2. The number of methoxy groups -OCH3 is 1. The minimum absolute atomic E-state index is 0.00285. The van der Waals surface area contributed by atoms with Gasteiger partial charge in [0.25, 0.3) is 5.69 Å². The van der Waals surface area contributed by atoms with Crippen LogP contribution in [0.4, 0.5) is 10.5 Å². The Kier molecular flexibility index (Phi) is 5.04. The van der Waals surface area contributed by atoms with Gasteiger partial charge < -0.3 is 4.74 Å². The van der Waals surface area contributed by atoms with Crippen LogP contribution in [0.1, 0.15) is 5.56 Å². The normalized spacial score (nSPS) is 10.7. The first-order valence-corrected chi connectivity index (χ1v) is 4.92. The summed E-state index contributed by atoms with van der Waals surface area (Å²) in [6.07, 6.45) is 3.58. The van der Waals surface area contributed by atoms with Crippen LogP contribution in [0.3, 0.4) is 0 Å². The summed E-state index contributed by atoms with van der Waals surface area (Å²) in [7, 11) is 1.22. The fourth-order valence-corrected chi connectivity index (χ4v) is 1.12. The van der Waals surface area contributed by atoms with Gasteiger partial charge in [-0.1, -0.05) is 12.1 Å². The van der Waals surface area contributed by atoms with E-state index in [1.807, 2.05) is 0 Å². The monoisotopic (exact) mass is 249 g/mol. The van der Waals surface area contributed by atoms with Crippen molar-refractivity contribution in [1.82, 2.24) is 5.43 Å². The third kappa shape index (κ3) is 4.05. The SMILES string of the molecule is COC(=O)NN=CC=Cc1ccccc1[N+](=O)[O-]. The lowest BCUT2D eigenvalue weighted by Crippen LogP contribution is -2.16. The Labute approximate surface area is 103 Å². The highest BCUT2D eigenvalue weighted by Gasteiger charge is 2.08. The van der Waals surface area contributed by atoms with E-state index in [1.165, 1.54) is 31.5 Å². The Balaban J connectivity index is 2.67. The summed E-state index contributed by atoms with van der Waals surface area (Å²) in [5.41, 5.74) is 2.53. The first-order valence-electron chi connectivity index (χ1n) is 4.92. The average molecular weight is 249 g/mol. The number of hydrogen-bond donors (Lipinski definition) is 1. The minimum atomic E-state index is -0.689. The number of nitro benzene ring substituents is 1. The van der Waals surface area contributed by atoms with Crippen molar-refractivity contribution in [3.63, 3.8) is 0 Å². The van der Waals surface area contributed by atoms with Gasteiger partial charge in [-0.15, -0.1) is 0 Å². The molecule has 1 N–H and O–H groups in total. The molecule has 0 fully saturated rings. The zero-order valence-corrected chi connectivity index (χ0v) is 9.57. The highest BCUT2D eigenvalue weighted by atomic mass is 16.6. The lowest BCUT2D eigenvalue weighted by Gasteiger charge is -1.95. The van der Waals surface area contributed by atoms with Crippen molar-refractivity contribution in [2.24, 2.45) is 5.10 Å². The van der Waals surface area contributed by atoms with Gasteiger partial charge in [0.2, 0.25) is 0 Å². The number of ether oxygens (including phenoxy) is 1. The summed E-state index contributed by atoms with van der Waals surface area (Å²) >= 11 is 0. The topological polar surface area (TPSA) is 93.8 Å². The van der Waals surface area contributed by atoms with Gasteiger partial charge in [0.15, 0.2) is 0 Å². The van der Waals surface area contributed by atoms with Crippen LogP contribution in [0.5, 0.6) is 0 Å². The van der Waals surface area contributed by atoms with E-state index in [9.17, 15) is 14.9 Å². The predicted molar refractivity (Wildman–Crippen MR) is 66.2 cm³/mol. The number of rotatable bonds is 4. The second-order valence-corrected chi connectivity index (χ2v) is 3.06. The molecular formula is C11H11N3O4. The first kappa shape index (κ1) is 13.4.